The van der Waals surface area contributed by atoms with Crippen molar-refractivity contribution in [1.82, 2.24) is 10.9 Å². The molecule has 10 heteroatoms. The van der Waals surface area contributed by atoms with E-state index in [2.05, 4.69) is 10.9 Å². The van der Waals surface area contributed by atoms with Gasteiger partial charge in [-0.15, -0.1) is 0 Å². The quantitative estimate of drug-likeness (QED) is 0.557. The van der Waals surface area contributed by atoms with Gasteiger partial charge in [0.1, 0.15) is 24.5 Å². The second-order valence-corrected chi connectivity index (χ2v) is 6.02. The number of aryl methyl sites for hydroxylation is 1. The van der Waals surface area contributed by atoms with Gasteiger partial charge in [-0.05, 0) is 18.1 Å². The second-order valence-electron chi connectivity index (χ2n) is 6.02. The zero-order valence-electron chi connectivity index (χ0n) is 15.6. The summed E-state index contributed by atoms with van der Waals surface area (Å²) in [7, 11) is 0. The lowest BCUT2D eigenvalue weighted by atomic mass is 10.1. The number of nitro groups is 1. The van der Waals surface area contributed by atoms with Gasteiger partial charge in [0.25, 0.3) is 17.5 Å². The number of nitrogens with zero attached hydrogens (tertiary/aromatic N) is 1. The van der Waals surface area contributed by atoms with E-state index >= 15 is 0 Å². The van der Waals surface area contributed by atoms with Gasteiger partial charge in [0.05, 0.1) is 11.0 Å². The highest BCUT2D eigenvalue weighted by atomic mass is 16.6. The standard InChI is InChI=1S/C19H19N3O7/c1-2-12-5-3-4-6-15(12)29-11-18(23)20-21-19(24)13-9-16-17(28-8-7-27-16)10-14(13)22(25)26/h3-6,9-10H,2,7-8,11H2,1H3,(H,20,23)(H,21,24). The van der Waals surface area contributed by atoms with Gasteiger partial charge in [-0.2, -0.15) is 0 Å². The van der Waals surface area contributed by atoms with Crippen molar-refractivity contribution in [1.29, 1.82) is 0 Å². The third kappa shape index (κ3) is 4.72. The molecular formula is C19H19N3O7. The summed E-state index contributed by atoms with van der Waals surface area (Å²) in [5.41, 5.74) is 4.53. The minimum absolute atomic E-state index is 0.187. The summed E-state index contributed by atoms with van der Waals surface area (Å²) < 4.78 is 16.1. The van der Waals surface area contributed by atoms with Crippen molar-refractivity contribution in [3.8, 4) is 17.2 Å². The number of nitro benzene ring substituents is 1. The average molecular weight is 401 g/mol. The largest absolute Gasteiger partial charge is 0.486 e. The molecule has 0 atom stereocenters. The first kappa shape index (κ1) is 19.9. The summed E-state index contributed by atoms with van der Waals surface area (Å²) >= 11 is 0. The molecule has 0 aliphatic carbocycles. The van der Waals surface area contributed by atoms with Crippen LogP contribution in [-0.4, -0.2) is 36.6 Å². The number of nitrogens with one attached hydrogen (secondary N) is 2. The van der Waals surface area contributed by atoms with Crippen LogP contribution in [0.1, 0.15) is 22.8 Å². The summed E-state index contributed by atoms with van der Waals surface area (Å²) in [5, 5.41) is 11.3. The van der Waals surface area contributed by atoms with Crippen molar-refractivity contribution in [2.75, 3.05) is 19.8 Å². The topological polar surface area (TPSA) is 129 Å². The zero-order chi connectivity index (χ0) is 20.8. The number of hydrogen-bond acceptors (Lipinski definition) is 7. The van der Waals surface area contributed by atoms with E-state index in [4.69, 9.17) is 14.2 Å². The van der Waals surface area contributed by atoms with E-state index in [-0.39, 0.29) is 36.9 Å². The van der Waals surface area contributed by atoms with Crippen LogP contribution >= 0.6 is 0 Å². The lowest BCUT2D eigenvalue weighted by Crippen LogP contribution is -2.44. The zero-order valence-corrected chi connectivity index (χ0v) is 15.6. The number of ether oxygens (including phenoxy) is 3. The Kier molecular flexibility index (Phi) is 6.12. The second kappa shape index (κ2) is 8.91. The van der Waals surface area contributed by atoms with E-state index in [1.165, 1.54) is 6.07 Å². The summed E-state index contributed by atoms with van der Waals surface area (Å²) in [6.45, 7) is 2.15. The van der Waals surface area contributed by atoms with E-state index in [9.17, 15) is 19.7 Å². The molecule has 0 unspecified atom stereocenters. The van der Waals surface area contributed by atoms with Crippen LogP contribution in [0.15, 0.2) is 36.4 Å². The molecule has 0 fully saturated rings. The van der Waals surface area contributed by atoms with Gasteiger partial charge < -0.3 is 14.2 Å². The maximum absolute atomic E-state index is 12.4. The normalized spacial score (nSPS) is 12.0. The van der Waals surface area contributed by atoms with Gasteiger partial charge in [-0.3, -0.25) is 30.6 Å². The molecule has 3 rings (SSSR count). The molecule has 2 aromatic carbocycles. The Morgan fingerprint density at radius 3 is 2.52 bits per heavy atom. The van der Waals surface area contributed by atoms with Gasteiger partial charge in [-0.1, -0.05) is 25.1 Å². The smallest absolute Gasteiger partial charge is 0.286 e. The summed E-state index contributed by atoms with van der Waals surface area (Å²) in [6.07, 6.45) is 0.738. The molecule has 29 heavy (non-hydrogen) atoms. The van der Waals surface area contributed by atoms with Crippen LogP contribution in [0.4, 0.5) is 5.69 Å². The number of benzene rings is 2. The molecule has 152 valence electrons. The van der Waals surface area contributed by atoms with E-state index in [1.807, 2.05) is 19.1 Å². The Morgan fingerprint density at radius 1 is 1.14 bits per heavy atom. The molecule has 0 saturated heterocycles. The van der Waals surface area contributed by atoms with Gasteiger partial charge in [-0.25, -0.2) is 0 Å². The van der Waals surface area contributed by atoms with Crippen molar-refractivity contribution in [3.05, 3.63) is 57.6 Å². The maximum atomic E-state index is 12.4. The molecule has 2 aromatic rings. The molecule has 1 aliphatic heterocycles. The van der Waals surface area contributed by atoms with Crippen LogP contribution in [0.3, 0.4) is 0 Å². The Bertz CT molecular complexity index is 945. The van der Waals surface area contributed by atoms with Gasteiger partial charge in [0.2, 0.25) is 0 Å². The summed E-state index contributed by atoms with van der Waals surface area (Å²) in [5.74, 6) is -0.510. The predicted octanol–water partition coefficient (Wildman–Crippen LogP) is 1.77. The molecule has 10 nitrogen and oxygen atoms in total. The fourth-order valence-corrected chi connectivity index (χ4v) is 2.72. The number of carbonyl (C=O) groups is 2. The number of hydrogen-bond donors (Lipinski definition) is 2. The Labute approximate surface area is 165 Å². The molecule has 0 bridgehead atoms. The van der Waals surface area contributed by atoms with Crippen LogP contribution in [-0.2, 0) is 11.2 Å². The van der Waals surface area contributed by atoms with Crippen LogP contribution < -0.4 is 25.1 Å². The van der Waals surface area contributed by atoms with Crippen molar-refractivity contribution in [3.63, 3.8) is 0 Å². The molecule has 2 N–H and O–H groups in total. The van der Waals surface area contributed by atoms with Crippen LogP contribution in [0.25, 0.3) is 0 Å². The van der Waals surface area contributed by atoms with E-state index in [0.717, 1.165) is 18.1 Å². The molecule has 0 spiro atoms. The Morgan fingerprint density at radius 2 is 1.83 bits per heavy atom. The lowest BCUT2D eigenvalue weighted by Gasteiger charge is -2.19. The van der Waals surface area contributed by atoms with Gasteiger partial charge in [0.15, 0.2) is 18.1 Å². The maximum Gasteiger partial charge on any atom is 0.286 e. The molecule has 0 saturated carbocycles. The van der Waals surface area contributed by atoms with Crippen molar-refractivity contribution in [2.45, 2.75) is 13.3 Å². The van der Waals surface area contributed by atoms with Crippen molar-refractivity contribution in [2.24, 2.45) is 0 Å². The molecule has 0 radical (unpaired) electrons. The minimum Gasteiger partial charge on any atom is -0.486 e. The third-order valence-corrected chi connectivity index (χ3v) is 4.13. The van der Waals surface area contributed by atoms with Gasteiger partial charge >= 0.3 is 0 Å². The van der Waals surface area contributed by atoms with Crippen LogP contribution in [0, 0.1) is 10.1 Å². The first-order valence-electron chi connectivity index (χ1n) is 8.87. The SMILES string of the molecule is CCc1ccccc1OCC(=O)NNC(=O)c1cc2c(cc1[N+](=O)[O-])OCCO2. The first-order chi connectivity index (χ1) is 14.0. The Balaban J connectivity index is 1.63. The number of rotatable bonds is 6. The number of carbonyl (C=O) groups excluding carboxylic acids is 2. The van der Waals surface area contributed by atoms with Crippen LogP contribution in [0.2, 0.25) is 0 Å². The number of fused-ring (bicyclic) bond motifs is 1. The van der Waals surface area contributed by atoms with E-state index in [0.29, 0.717) is 5.75 Å². The highest BCUT2D eigenvalue weighted by Crippen LogP contribution is 2.36. The molecule has 1 heterocycles. The fourth-order valence-electron chi connectivity index (χ4n) is 2.72. The lowest BCUT2D eigenvalue weighted by molar-refractivity contribution is -0.385. The average Bonchev–Trinajstić information content (AvgIpc) is 2.75. The van der Waals surface area contributed by atoms with Crippen molar-refractivity contribution >= 4 is 17.5 Å². The number of para-hydroxylation sites is 1. The van der Waals surface area contributed by atoms with E-state index in [1.54, 1.807) is 12.1 Å². The fraction of sp³-hybridized carbons (Fsp3) is 0.263. The molecule has 0 aromatic heterocycles. The first-order valence-corrected chi connectivity index (χ1v) is 8.87. The number of amides is 2. The predicted molar refractivity (Wildman–Crippen MR) is 101 cm³/mol. The van der Waals surface area contributed by atoms with Crippen LogP contribution in [0.5, 0.6) is 17.2 Å². The Hall–Kier alpha value is -3.82. The molecule has 2 amide bonds. The number of hydrazine groups is 1. The summed E-state index contributed by atoms with van der Waals surface area (Å²) in [6, 6.07) is 9.61. The van der Waals surface area contributed by atoms with Crippen molar-refractivity contribution < 1.29 is 28.7 Å². The third-order valence-electron chi connectivity index (χ3n) is 4.13. The monoisotopic (exact) mass is 401 g/mol. The molecule has 1 aliphatic rings. The molecular weight excluding hydrogens is 382 g/mol. The minimum atomic E-state index is -0.865. The summed E-state index contributed by atoms with van der Waals surface area (Å²) in [4.78, 5) is 34.9. The van der Waals surface area contributed by atoms with Gasteiger partial charge in [0, 0.05) is 6.07 Å². The highest BCUT2D eigenvalue weighted by molar-refractivity contribution is 5.99. The van der Waals surface area contributed by atoms with E-state index < -0.39 is 22.4 Å². The highest BCUT2D eigenvalue weighted by Gasteiger charge is 2.26.